The number of ether oxygens (including phenoxy) is 1. The highest BCUT2D eigenvalue weighted by Gasteiger charge is 2.27. The van der Waals surface area contributed by atoms with Crippen LogP contribution in [0.5, 0.6) is 0 Å². The number of esters is 1. The average Bonchev–Trinajstić information content (AvgIpc) is 3.31. The van der Waals surface area contributed by atoms with Crippen LogP contribution in [0.15, 0.2) is 48.6 Å². The minimum absolute atomic E-state index is 0.0251. The summed E-state index contributed by atoms with van der Waals surface area (Å²) >= 11 is 0. The molecule has 0 aliphatic carbocycles. The number of nitrogens with zero attached hydrogens (tertiary/aromatic N) is 1. The highest BCUT2D eigenvalue weighted by Crippen LogP contribution is 2.38. The molecule has 10 heteroatoms. The maximum Gasteiger partial charge on any atom is 0.306 e. The molecular formula is C59H111N2O7P. The number of nitrogens with one attached hydrogen (secondary N) is 1. The van der Waals surface area contributed by atoms with E-state index in [2.05, 4.69) is 62.5 Å². The van der Waals surface area contributed by atoms with Crippen LogP contribution in [0.1, 0.15) is 265 Å². The van der Waals surface area contributed by atoms with Crippen LogP contribution in [0, 0.1) is 0 Å². The molecule has 404 valence electrons. The zero-order valence-corrected chi connectivity index (χ0v) is 46.9. The Kier molecular flexibility index (Phi) is 48.1. The van der Waals surface area contributed by atoms with E-state index in [9.17, 15) is 19.0 Å². The third-order valence-electron chi connectivity index (χ3n) is 12.8. The molecule has 0 bridgehead atoms. The van der Waals surface area contributed by atoms with Crippen LogP contribution in [0.3, 0.4) is 0 Å². The highest BCUT2D eigenvalue weighted by molar-refractivity contribution is 7.45. The van der Waals surface area contributed by atoms with E-state index in [0.717, 1.165) is 77.0 Å². The highest BCUT2D eigenvalue weighted by atomic mass is 31.2. The van der Waals surface area contributed by atoms with Crippen molar-refractivity contribution in [2.45, 2.75) is 277 Å². The van der Waals surface area contributed by atoms with E-state index in [1.165, 1.54) is 148 Å². The third kappa shape index (κ3) is 50.7. The molecule has 69 heavy (non-hydrogen) atoms. The van der Waals surface area contributed by atoms with Crippen molar-refractivity contribution in [3.63, 3.8) is 0 Å². The Morgan fingerprint density at radius 1 is 0.522 bits per heavy atom. The molecule has 3 atom stereocenters. The van der Waals surface area contributed by atoms with E-state index < -0.39 is 26.6 Å². The van der Waals surface area contributed by atoms with E-state index >= 15 is 0 Å². The zero-order chi connectivity index (χ0) is 50.8. The normalized spacial score (nSPS) is 14.1. The van der Waals surface area contributed by atoms with Gasteiger partial charge in [0.05, 0.1) is 33.8 Å². The van der Waals surface area contributed by atoms with Crippen LogP contribution >= 0.6 is 7.82 Å². The number of unbranched alkanes of at least 4 members (excludes halogenated alkanes) is 32. The summed E-state index contributed by atoms with van der Waals surface area (Å²) in [4.78, 5) is 39.8. The number of amides is 1. The Balaban J connectivity index is 5.25. The van der Waals surface area contributed by atoms with E-state index in [-0.39, 0.29) is 24.9 Å². The first kappa shape index (κ1) is 67.0. The van der Waals surface area contributed by atoms with Gasteiger partial charge in [-0.2, -0.15) is 0 Å². The van der Waals surface area contributed by atoms with E-state index in [4.69, 9.17) is 13.8 Å². The van der Waals surface area contributed by atoms with E-state index in [1.54, 1.807) is 0 Å². The predicted octanol–water partition coefficient (Wildman–Crippen LogP) is 16.7. The summed E-state index contributed by atoms with van der Waals surface area (Å²) in [6.45, 7) is 6.70. The van der Waals surface area contributed by atoms with Crippen molar-refractivity contribution in [2.24, 2.45) is 0 Å². The Morgan fingerprint density at radius 2 is 0.928 bits per heavy atom. The summed E-state index contributed by atoms with van der Waals surface area (Å²) in [7, 11) is 1.18. The number of rotatable bonds is 52. The smallest absolute Gasteiger partial charge is 0.306 e. The number of quaternary nitrogens is 1. The Labute approximate surface area is 427 Å². The Bertz CT molecular complexity index is 1330. The summed E-state index contributed by atoms with van der Waals surface area (Å²) in [6.07, 6.45) is 59.4. The van der Waals surface area contributed by atoms with Gasteiger partial charge in [0, 0.05) is 12.8 Å². The monoisotopic (exact) mass is 991 g/mol. The number of carbonyl (C=O) groups excluding carboxylic acids is 2. The molecule has 0 rings (SSSR count). The Morgan fingerprint density at radius 3 is 1.38 bits per heavy atom. The van der Waals surface area contributed by atoms with Crippen LogP contribution in [0.4, 0.5) is 0 Å². The molecule has 0 aliphatic rings. The molecule has 0 aromatic carbocycles. The second kappa shape index (κ2) is 49.5. The zero-order valence-electron chi connectivity index (χ0n) is 46.0. The molecule has 0 fully saturated rings. The van der Waals surface area contributed by atoms with Gasteiger partial charge in [-0.3, -0.25) is 14.2 Å². The van der Waals surface area contributed by atoms with Gasteiger partial charge >= 0.3 is 5.97 Å². The number of hydrogen-bond donors (Lipinski definition) is 1. The van der Waals surface area contributed by atoms with Gasteiger partial charge in [-0.1, -0.05) is 250 Å². The van der Waals surface area contributed by atoms with Crippen molar-refractivity contribution >= 4 is 19.7 Å². The van der Waals surface area contributed by atoms with Gasteiger partial charge in [0.25, 0.3) is 7.82 Å². The number of allylic oxidation sites excluding steroid dienone is 7. The summed E-state index contributed by atoms with van der Waals surface area (Å²) < 4.78 is 30.2. The van der Waals surface area contributed by atoms with Gasteiger partial charge < -0.3 is 28.5 Å². The molecule has 0 aromatic heterocycles. The predicted molar refractivity (Wildman–Crippen MR) is 293 cm³/mol. The third-order valence-corrected chi connectivity index (χ3v) is 13.8. The number of phosphoric acid groups is 1. The van der Waals surface area contributed by atoms with Gasteiger partial charge in [0.2, 0.25) is 5.91 Å². The van der Waals surface area contributed by atoms with Gasteiger partial charge in [-0.15, -0.1) is 0 Å². The maximum atomic E-state index is 13.5. The fraction of sp³-hybridized carbons (Fsp3) is 0.831. The molecule has 1 amide bonds. The van der Waals surface area contributed by atoms with Crippen LogP contribution in [-0.4, -0.2) is 69.4 Å². The van der Waals surface area contributed by atoms with Crippen LogP contribution in [0.25, 0.3) is 0 Å². The lowest BCUT2D eigenvalue weighted by molar-refractivity contribution is -0.870. The summed E-state index contributed by atoms with van der Waals surface area (Å²) in [5, 5.41) is 3.02. The molecule has 1 N–H and O–H groups in total. The second-order valence-corrected chi connectivity index (χ2v) is 22.2. The number of phosphoric ester groups is 1. The largest absolute Gasteiger partial charge is 0.756 e. The van der Waals surface area contributed by atoms with Crippen molar-refractivity contribution in [2.75, 3.05) is 40.9 Å². The lowest BCUT2D eigenvalue weighted by Gasteiger charge is -2.30. The Hall–Kier alpha value is -2.03. The SMILES string of the molecule is CC/C=C/C=C/C=C\CCCCCCCC(=O)OC(/C=C/CCCCCCCCCCC)C(COP(=O)([O-])OCC[N+](C)(C)C)NC(=O)CCCCCCCCCCCCCCCCCCCCC. The second-order valence-electron chi connectivity index (χ2n) is 20.8. The molecule has 0 radical (unpaired) electrons. The number of carbonyl (C=O) groups is 2. The first-order valence-electron chi connectivity index (χ1n) is 29.0. The average molecular weight is 992 g/mol. The molecule has 3 unspecified atom stereocenters. The summed E-state index contributed by atoms with van der Waals surface area (Å²) in [5.74, 6) is -0.558. The fourth-order valence-corrected chi connectivity index (χ4v) is 9.07. The van der Waals surface area contributed by atoms with Gasteiger partial charge in [0.15, 0.2) is 0 Å². The van der Waals surface area contributed by atoms with Gasteiger partial charge in [0.1, 0.15) is 19.3 Å². The topological polar surface area (TPSA) is 114 Å². The number of likely N-dealkylation sites (N-methyl/N-ethyl adjacent to an activating group) is 1. The molecular weight excluding hydrogens is 880 g/mol. The standard InChI is InChI=1S/C59H111N2O7P/c1-7-10-13-16-19-22-25-27-28-29-30-31-32-34-36-39-42-45-48-51-58(62)60-56(55-67-69(64,65)66-54-53-61(4,5)6)57(50-47-44-41-38-35-24-21-18-15-12-9-3)68-59(63)52-49-46-43-40-37-33-26-23-20-17-14-11-8-2/h11,14,17,20,23,26,47,50,56-57H,7-10,12-13,15-16,18-19,21-22,24-25,27-46,48-49,51-55H2,1-6H3,(H-,60,62,64,65)/b14-11+,20-17+,26-23-,50-47+. The lowest BCUT2D eigenvalue weighted by atomic mass is 10.0. The number of hydrogen-bond acceptors (Lipinski definition) is 7. The summed E-state index contributed by atoms with van der Waals surface area (Å²) in [5.41, 5.74) is 0. The van der Waals surface area contributed by atoms with Crippen molar-refractivity contribution in [1.29, 1.82) is 0 Å². The van der Waals surface area contributed by atoms with E-state index in [0.29, 0.717) is 23.9 Å². The quantitative estimate of drug-likeness (QED) is 0.0161. The fourth-order valence-electron chi connectivity index (χ4n) is 8.35. The van der Waals surface area contributed by atoms with Crippen molar-refractivity contribution < 1.29 is 37.3 Å². The van der Waals surface area contributed by atoms with Gasteiger partial charge in [-0.25, -0.2) is 0 Å². The van der Waals surface area contributed by atoms with Gasteiger partial charge in [-0.05, 0) is 51.0 Å². The minimum Gasteiger partial charge on any atom is -0.756 e. The van der Waals surface area contributed by atoms with Crippen molar-refractivity contribution in [1.82, 2.24) is 5.32 Å². The molecule has 0 saturated heterocycles. The maximum absolute atomic E-state index is 13.5. The minimum atomic E-state index is -4.69. The van der Waals surface area contributed by atoms with E-state index in [1.807, 2.05) is 33.3 Å². The van der Waals surface area contributed by atoms with Crippen LogP contribution in [-0.2, 0) is 27.9 Å². The first-order chi connectivity index (χ1) is 33.4. The van der Waals surface area contributed by atoms with Crippen LogP contribution < -0.4 is 10.2 Å². The van der Waals surface area contributed by atoms with Crippen molar-refractivity contribution in [3.05, 3.63) is 48.6 Å². The molecule has 0 spiro atoms. The molecule has 0 heterocycles. The van der Waals surface area contributed by atoms with Crippen LogP contribution in [0.2, 0.25) is 0 Å². The molecule has 0 aromatic rings. The molecule has 0 saturated carbocycles. The molecule has 9 nitrogen and oxygen atoms in total. The van der Waals surface area contributed by atoms with Crippen molar-refractivity contribution in [3.8, 4) is 0 Å². The molecule has 0 aliphatic heterocycles. The lowest BCUT2D eigenvalue weighted by Crippen LogP contribution is -2.47. The summed E-state index contributed by atoms with van der Waals surface area (Å²) in [6, 6.07) is -0.893. The first-order valence-corrected chi connectivity index (χ1v) is 30.4.